The van der Waals surface area contributed by atoms with Gasteiger partial charge in [0.2, 0.25) is 11.0 Å². The molecule has 0 aliphatic rings. The van der Waals surface area contributed by atoms with E-state index in [1.807, 2.05) is 12.1 Å². The number of nitrogens with one attached hydrogen (secondary N) is 1. The number of hydrogen-bond acceptors (Lipinski definition) is 5. The van der Waals surface area contributed by atoms with Crippen LogP contribution >= 0.6 is 38.6 Å². The predicted molar refractivity (Wildman–Crippen MR) is 83.6 cm³/mol. The normalized spacial score (nSPS) is 11.1. The lowest BCUT2D eigenvalue weighted by Crippen LogP contribution is -2.07. The first-order chi connectivity index (χ1) is 9.17. The minimum absolute atomic E-state index is 0.191. The number of halogens is 1. The van der Waals surface area contributed by atoms with Crippen LogP contribution < -0.4 is 5.32 Å². The minimum Gasteiger partial charge on any atom is -0.297 e. The molecule has 0 aromatic carbocycles. The number of aromatic nitrogens is 2. The number of amides is 1. The summed E-state index contributed by atoms with van der Waals surface area (Å²) in [4.78, 5) is 12.7. The summed E-state index contributed by atoms with van der Waals surface area (Å²) in [6, 6.07) is 3.90. The lowest BCUT2D eigenvalue weighted by molar-refractivity contribution is -0.111. The molecule has 0 spiro atoms. The van der Waals surface area contributed by atoms with Crippen LogP contribution in [0.5, 0.6) is 0 Å². The van der Waals surface area contributed by atoms with Crippen LogP contribution in [0.15, 0.2) is 22.0 Å². The molecule has 2 rings (SSSR count). The molecule has 0 saturated carbocycles. The van der Waals surface area contributed by atoms with Crippen LogP contribution in [0, 0.1) is 0 Å². The summed E-state index contributed by atoms with van der Waals surface area (Å²) in [7, 11) is 0. The first-order valence-corrected chi connectivity index (χ1v) is 8.16. The Morgan fingerprint density at radius 2 is 2.26 bits per heavy atom. The molecule has 19 heavy (non-hydrogen) atoms. The Hall–Kier alpha value is -1.05. The van der Waals surface area contributed by atoms with Crippen molar-refractivity contribution in [2.75, 3.05) is 5.32 Å². The van der Waals surface area contributed by atoms with Crippen molar-refractivity contribution in [3.05, 3.63) is 31.9 Å². The number of rotatable bonds is 5. The first-order valence-electron chi connectivity index (χ1n) is 5.74. The van der Waals surface area contributed by atoms with Gasteiger partial charge in [0.15, 0.2) is 0 Å². The zero-order valence-electron chi connectivity index (χ0n) is 10.2. The van der Waals surface area contributed by atoms with Gasteiger partial charge in [-0.2, -0.15) is 0 Å². The molecule has 0 atom stereocenters. The van der Waals surface area contributed by atoms with E-state index in [-0.39, 0.29) is 5.91 Å². The van der Waals surface area contributed by atoms with E-state index >= 15 is 0 Å². The van der Waals surface area contributed by atoms with Gasteiger partial charge in [0.05, 0.1) is 3.79 Å². The third-order valence-corrected chi connectivity index (χ3v) is 4.64. The van der Waals surface area contributed by atoms with E-state index < -0.39 is 0 Å². The average Bonchev–Trinajstić information content (AvgIpc) is 2.97. The average molecular weight is 358 g/mol. The lowest BCUT2D eigenvalue weighted by atomic mass is 10.4. The number of carbonyl (C=O) groups excluding carboxylic acids is 1. The van der Waals surface area contributed by atoms with E-state index in [2.05, 4.69) is 38.4 Å². The Morgan fingerprint density at radius 1 is 1.42 bits per heavy atom. The fraction of sp³-hybridized carbons (Fsp3) is 0.250. The van der Waals surface area contributed by atoms with Gasteiger partial charge in [-0.05, 0) is 40.6 Å². The van der Waals surface area contributed by atoms with Crippen molar-refractivity contribution in [2.45, 2.75) is 19.8 Å². The number of hydrogen-bond donors (Lipinski definition) is 1. The molecule has 7 heteroatoms. The Bertz CT molecular complexity index is 591. The molecule has 2 aromatic heterocycles. The van der Waals surface area contributed by atoms with Crippen LogP contribution in [0.3, 0.4) is 0 Å². The van der Waals surface area contributed by atoms with E-state index in [1.54, 1.807) is 17.4 Å². The van der Waals surface area contributed by atoms with Crippen LogP contribution in [-0.4, -0.2) is 16.1 Å². The molecule has 0 fully saturated rings. The molecule has 0 bridgehead atoms. The fourth-order valence-corrected chi connectivity index (χ4v) is 3.51. The molecular formula is C12H12BrN3OS2. The van der Waals surface area contributed by atoms with Crippen LogP contribution in [0.4, 0.5) is 5.13 Å². The number of carbonyl (C=O) groups is 1. The predicted octanol–water partition coefficient (Wildman–Crippen LogP) is 3.97. The standard InChI is InChI=1S/C12H12BrN3OS2/c1-2-3-11-15-16-12(19-11)14-10(17)7-5-8-4-6-9(13)18-8/h4-7H,2-3H2,1H3,(H,14,16,17)/b7-5+. The Balaban J connectivity index is 1.91. The van der Waals surface area contributed by atoms with Gasteiger partial charge in [-0.25, -0.2) is 0 Å². The van der Waals surface area contributed by atoms with E-state index in [9.17, 15) is 4.79 Å². The quantitative estimate of drug-likeness (QED) is 0.823. The molecule has 100 valence electrons. The second-order valence-electron chi connectivity index (χ2n) is 3.72. The topological polar surface area (TPSA) is 54.9 Å². The molecular weight excluding hydrogens is 346 g/mol. The van der Waals surface area contributed by atoms with Gasteiger partial charge in [-0.1, -0.05) is 18.3 Å². The second kappa shape index (κ2) is 6.93. The highest BCUT2D eigenvalue weighted by molar-refractivity contribution is 9.11. The minimum atomic E-state index is -0.191. The summed E-state index contributed by atoms with van der Waals surface area (Å²) >= 11 is 6.37. The van der Waals surface area contributed by atoms with Crippen LogP contribution in [-0.2, 0) is 11.2 Å². The van der Waals surface area contributed by atoms with Crippen molar-refractivity contribution >= 4 is 55.7 Å². The van der Waals surface area contributed by atoms with Crippen molar-refractivity contribution < 1.29 is 4.79 Å². The van der Waals surface area contributed by atoms with E-state index in [0.717, 1.165) is 26.5 Å². The summed E-state index contributed by atoms with van der Waals surface area (Å²) in [5, 5.41) is 12.1. The molecule has 2 aromatic rings. The largest absolute Gasteiger partial charge is 0.297 e. The summed E-state index contributed by atoms with van der Waals surface area (Å²) < 4.78 is 1.04. The number of thiophene rings is 1. The summed E-state index contributed by atoms with van der Waals surface area (Å²) in [5.74, 6) is -0.191. The third-order valence-electron chi connectivity index (χ3n) is 2.15. The summed E-state index contributed by atoms with van der Waals surface area (Å²) in [5.41, 5.74) is 0. The Morgan fingerprint density at radius 3 is 2.95 bits per heavy atom. The monoisotopic (exact) mass is 357 g/mol. The summed E-state index contributed by atoms with van der Waals surface area (Å²) in [6.45, 7) is 2.08. The van der Waals surface area contributed by atoms with Crippen LogP contribution in [0.2, 0.25) is 0 Å². The second-order valence-corrected chi connectivity index (χ2v) is 7.27. The van der Waals surface area contributed by atoms with Gasteiger partial charge >= 0.3 is 0 Å². The number of anilines is 1. The zero-order chi connectivity index (χ0) is 13.7. The zero-order valence-corrected chi connectivity index (χ0v) is 13.4. The Kier molecular flexibility index (Phi) is 5.24. The maximum absolute atomic E-state index is 11.7. The van der Waals surface area contributed by atoms with E-state index in [0.29, 0.717) is 5.13 Å². The third kappa shape index (κ3) is 4.52. The highest BCUT2D eigenvalue weighted by Crippen LogP contribution is 2.23. The molecule has 2 heterocycles. The van der Waals surface area contributed by atoms with Gasteiger partial charge in [0.25, 0.3) is 0 Å². The highest BCUT2D eigenvalue weighted by Gasteiger charge is 2.05. The SMILES string of the molecule is CCCc1nnc(NC(=O)/C=C/c2ccc(Br)s2)s1. The van der Waals surface area contributed by atoms with Gasteiger partial charge in [0, 0.05) is 17.4 Å². The van der Waals surface area contributed by atoms with Crippen molar-refractivity contribution in [2.24, 2.45) is 0 Å². The summed E-state index contributed by atoms with van der Waals surface area (Å²) in [6.07, 6.45) is 5.19. The molecule has 0 saturated heterocycles. The molecule has 1 N–H and O–H groups in total. The maximum atomic E-state index is 11.7. The van der Waals surface area contributed by atoms with Crippen LogP contribution in [0.1, 0.15) is 23.2 Å². The molecule has 4 nitrogen and oxygen atoms in total. The van der Waals surface area contributed by atoms with E-state index in [1.165, 1.54) is 17.4 Å². The van der Waals surface area contributed by atoms with Gasteiger partial charge in [0.1, 0.15) is 5.01 Å². The van der Waals surface area contributed by atoms with Crippen LogP contribution in [0.25, 0.3) is 6.08 Å². The van der Waals surface area contributed by atoms with Crippen molar-refractivity contribution in [3.8, 4) is 0 Å². The fourth-order valence-electron chi connectivity index (χ4n) is 1.34. The highest BCUT2D eigenvalue weighted by atomic mass is 79.9. The molecule has 0 aliphatic heterocycles. The first kappa shape index (κ1) is 14.4. The van der Waals surface area contributed by atoms with Crippen molar-refractivity contribution in [1.29, 1.82) is 0 Å². The van der Waals surface area contributed by atoms with E-state index in [4.69, 9.17) is 0 Å². The maximum Gasteiger partial charge on any atom is 0.250 e. The molecule has 0 aliphatic carbocycles. The van der Waals surface area contributed by atoms with Crippen molar-refractivity contribution in [1.82, 2.24) is 10.2 Å². The number of aryl methyl sites for hydroxylation is 1. The number of nitrogens with zero attached hydrogens (tertiary/aromatic N) is 2. The lowest BCUT2D eigenvalue weighted by Gasteiger charge is -1.93. The van der Waals surface area contributed by atoms with Gasteiger partial charge in [-0.3, -0.25) is 10.1 Å². The van der Waals surface area contributed by atoms with Gasteiger partial charge in [-0.15, -0.1) is 21.5 Å². The Labute approximate surface area is 127 Å². The molecule has 0 unspecified atom stereocenters. The van der Waals surface area contributed by atoms with Gasteiger partial charge < -0.3 is 0 Å². The smallest absolute Gasteiger partial charge is 0.250 e. The van der Waals surface area contributed by atoms with Crippen molar-refractivity contribution in [3.63, 3.8) is 0 Å². The molecule has 0 radical (unpaired) electrons. The molecule has 1 amide bonds.